The Balaban J connectivity index is -0.000000163. The molecule has 0 N–H and O–H groups in total. The third-order valence-corrected chi connectivity index (χ3v) is 7.30. The van der Waals surface area contributed by atoms with Crippen LogP contribution in [0.1, 0.15) is 142 Å². The molecular weight excluding hydrogens is 874 g/mol. The Hall–Kier alpha value is 3.02. The Morgan fingerprint density at radius 3 is 0.610 bits per heavy atom. The van der Waals surface area contributed by atoms with Crippen LogP contribution in [0, 0.1) is 0 Å². The fraction of sp³-hybridized carbons (Fsp3) is 1.00. The van der Waals surface area contributed by atoms with Gasteiger partial charge in [0.05, 0.1) is 0 Å². The summed E-state index contributed by atoms with van der Waals surface area (Å²) >= 11 is 0.690. The van der Waals surface area contributed by atoms with Crippen molar-refractivity contribution < 1.29 is 29.4 Å². The molecule has 0 atom stereocenters. The van der Waals surface area contributed by atoms with Crippen molar-refractivity contribution >= 4 is 79.3 Å². The predicted molar refractivity (Wildman–Crippen MR) is 180 cm³/mol. The molecule has 0 heterocycles. The molecule has 41 heavy (non-hydrogen) atoms. The van der Waals surface area contributed by atoms with Gasteiger partial charge in [-0.1, -0.05) is 117 Å². The van der Waals surface area contributed by atoms with Gasteiger partial charge in [-0.3, -0.25) is 0 Å². The number of hydrogen-bond donors (Lipinski definition) is 0. The van der Waals surface area contributed by atoms with E-state index in [2.05, 4.69) is 43.5 Å². The monoisotopic (exact) mass is 946 g/mol. The summed E-state index contributed by atoms with van der Waals surface area (Å²) in [7, 11) is -8.48. The van der Waals surface area contributed by atoms with Crippen LogP contribution in [0.5, 0.6) is 0 Å². The molecule has 0 aliphatic carbocycles. The van der Waals surface area contributed by atoms with E-state index >= 15 is 0 Å². The molecular formula is C30H68O6P2Sn3+2. The van der Waals surface area contributed by atoms with Crippen LogP contribution in [0.25, 0.3) is 0 Å². The summed E-state index contributed by atoms with van der Waals surface area (Å²) in [6.45, 7) is 4.43. The van der Waals surface area contributed by atoms with Crippen LogP contribution in [0.15, 0.2) is 0 Å². The topological polar surface area (TPSA) is 138 Å². The van der Waals surface area contributed by atoms with Crippen molar-refractivity contribution in [1.29, 1.82) is 0 Å². The van der Waals surface area contributed by atoms with Gasteiger partial charge in [0, 0.05) is 12.3 Å². The second-order valence-corrected chi connectivity index (χ2v) is 22.4. The van der Waals surface area contributed by atoms with E-state index in [-0.39, 0.29) is 75.8 Å². The fourth-order valence-electron chi connectivity index (χ4n) is 3.59. The van der Waals surface area contributed by atoms with Gasteiger partial charge in [-0.2, -0.15) is 15.9 Å². The summed E-state index contributed by atoms with van der Waals surface area (Å²) in [6.07, 6.45) is 22.6. The van der Waals surface area contributed by atoms with E-state index < -0.39 is 15.9 Å². The Morgan fingerprint density at radius 1 is 0.317 bits per heavy atom. The molecule has 0 saturated heterocycles. The van der Waals surface area contributed by atoms with Crippen molar-refractivity contribution in [2.75, 3.05) is 12.3 Å². The number of rotatable bonds is 22. The molecule has 0 bridgehead atoms. The van der Waals surface area contributed by atoms with Crippen molar-refractivity contribution in [1.82, 2.24) is 0 Å². The molecule has 0 rings (SSSR count). The molecule has 0 radical (unpaired) electrons. The summed E-state index contributed by atoms with van der Waals surface area (Å²) in [6, 6.07) is 0. The first-order chi connectivity index (χ1) is 19.4. The molecule has 0 unspecified atom stereocenters. The van der Waals surface area contributed by atoms with Crippen LogP contribution in [0.3, 0.4) is 0 Å². The van der Waals surface area contributed by atoms with E-state index in [1.807, 2.05) is 0 Å². The quantitative estimate of drug-likeness (QED) is 0.0758. The minimum absolute atomic E-state index is 0.163. The third-order valence-electron chi connectivity index (χ3n) is 5.57. The first kappa shape index (κ1) is 53.5. The molecule has 6 nitrogen and oxygen atoms in total. The van der Waals surface area contributed by atoms with Crippen LogP contribution >= 0.6 is 15.9 Å². The van der Waals surface area contributed by atoms with Gasteiger partial charge in [-0.25, -0.2) is 0 Å². The predicted octanol–water partition coefficient (Wildman–Crippen LogP) is 5.86. The van der Waals surface area contributed by atoms with Crippen molar-refractivity contribution in [3.8, 4) is 0 Å². The summed E-state index contributed by atoms with van der Waals surface area (Å²) < 4.78 is 0. The van der Waals surface area contributed by atoms with Crippen molar-refractivity contribution in [2.24, 2.45) is 0 Å². The maximum absolute atomic E-state index is 10.3. The van der Waals surface area contributed by atoms with Crippen LogP contribution in [-0.2, 0) is 0 Å². The van der Waals surface area contributed by atoms with Gasteiger partial charge in [-0.15, -0.1) is 0 Å². The average molecular weight is 943 g/mol. The van der Waals surface area contributed by atoms with Gasteiger partial charge >= 0.3 is 93.1 Å². The van der Waals surface area contributed by atoms with E-state index in [9.17, 15) is 29.4 Å². The van der Waals surface area contributed by atoms with Crippen molar-refractivity contribution in [2.45, 2.75) is 172 Å². The first-order valence-electron chi connectivity index (χ1n) is 16.1. The van der Waals surface area contributed by atoms with Gasteiger partial charge in [0.15, 0.2) is 0 Å². The van der Waals surface area contributed by atoms with Crippen LogP contribution in [0.2, 0.25) is 29.6 Å². The zero-order valence-corrected chi connectivity index (χ0v) is 38.8. The number of unbranched alkanes of at least 4 members (excludes halogenated alkanes) is 18. The maximum atomic E-state index is 10.3. The molecule has 0 aliphatic heterocycles. The van der Waals surface area contributed by atoms with E-state index in [4.69, 9.17) is 0 Å². The minimum atomic E-state index is -4.24. The molecule has 0 aliphatic rings. The molecule has 244 valence electrons. The molecule has 0 saturated carbocycles. The number of hydrogen-bond acceptors (Lipinski definition) is 6. The Labute approximate surface area is 290 Å². The zero-order chi connectivity index (χ0) is 32.7. The van der Waals surface area contributed by atoms with Crippen LogP contribution in [0.4, 0.5) is 0 Å². The molecule has 0 aromatic carbocycles. The Kier molecular flexibility index (Phi) is 61.9. The van der Waals surface area contributed by atoms with Crippen molar-refractivity contribution in [3.05, 3.63) is 0 Å². The van der Waals surface area contributed by atoms with Crippen molar-refractivity contribution in [3.63, 3.8) is 0 Å². The molecule has 0 amide bonds. The summed E-state index contributed by atoms with van der Waals surface area (Å²) in [5.41, 5.74) is 0. The third kappa shape index (κ3) is 86.0. The summed E-state index contributed by atoms with van der Waals surface area (Å²) in [5, 5.41) is 0. The van der Waals surface area contributed by atoms with E-state index in [0.29, 0.717) is 12.8 Å². The summed E-state index contributed by atoms with van der Waals surface area (Å²) in [4.78, 5) is 75.8. The standard InChI is InChI=1S/2C12H27O3P.6CH3.3Sn/c2*1-2-3-4-5-6-7-8-9-10-11-12-16(13,14)15;;;;;;;;;/h2*2-12H2,1H3,(H2,13,14,15);6*1H3;;;/q;;;;;;;;3*+2/p-4. The molecule has 0 spiro atoms. The van der Waals surface area contributed by atoms with Gasteiger partial charge in [0.25, 0.3) is 0 Å². The molecule has 11 heteroatoms. The summed E-state index contributed by atoms with van der Waals surface area (Å²) in [5.74, 6) is 0. The van der Waals surface area contributed by atoms with Gasteiger partial charge in [0.2, 0.25) is 0 Å². The van der Waals surface area contributed by atoms with E-state index in [1.165, 1.54) is 89.9 Å². The Morgan fingerprint density at radius 2 is 0.463 bits per heavy atom. The first-order valence-corrected chi connectivity index (χ1v) is 36.7. The molecule has 0 aromatic rings. The van der Waals surface area contributed by atoms with Gasteiger partial charge < -0.3 is 29.4 Å². The molecule has 0 aromatic heterocycles. The second kappa shape index (κ2) is 47.4. The average Bonchev–Trinajstić information content (AvgIpc) is 2.87. The van der Waals surface area contributed by atoms with E-state index in [1.54, 1.807) is 0 Å². The Bertz CT molecular complexity index is 378. The fourth-order valence-corrected chi connectivity index (χ4v) is 4.81. The van der Waals surface area contributed by atoms with Gasteiger partial charge in [0.1, 0.15) is 0 Å². The molecule has 0 fully saturated rings. The van der Waals surface area contributed by atoms with Crippen LogP contribution in [-0.4, -0.2) is 75.8 Å². The zero-order valence-electron chi connectivity index (χ0n) is 28.4. The normalized spacial score (nSPS) is 10.1. The van der Waals surface area contributed by atoms with Gasteiger partial charge in [-0.05, 0) is 25.7 Å². The van der Waals surface area contributed by atoms with Crippen LogP contribution < -0.4 is 29.4 Å². The second-order valence-electron chi connectivity index (χ2n) is 10.5. The van der Waals surface area contributed by atoms with E-state index in [0.717, 1.165) is 25.7 Å². The SMILES string of the molecule is CCCCCCCCCCCC[P+]([O-])([O-])[O-].CCCCCCCCCCCC[P+]([O-])([O-])[O-].[CH3][Sn+2][CH3].[CH3][Sn+2][CH3].[CH3][Sn+2][CH3].